The van der Waals surface area contributed by atoms with Gasteiger partial charge in [0.05, 0.1) is 5.69 Å². The van der Waals surface area contributed by atoms with Crippen LogP contribution >= 0.6 is 0 Å². The van der Waals surface area contributed by atoms with Gasteiger partial charge in [0, 0.05) is 19.6 Å². The van der Waals surface area contributed by atoms with Gasteiger partial charge in [0.1, 0.15) is 5.82 Å². The lowest BCUT2D eigenvalue weighted by molar-refractivity contribution is 0.381. The maximum absolute atomic E-state index is 13.7. The van der Waals surface area contributed by atoms with Crippen molar-refractivity contribution in [2.24, 2.45) is 5.92 Å². The second-order valence-electron chi connectivity index (χ2n) is 5.91. The second kappa shape index (κ2) is 7.63. The molecule has 1 aromatic rings. The number of hydrogen-bond acceptors (Lipinski definition) is 2. The van der Waals surface area contributed by atoms with Crippen LogP contribution in [0.3, 0.4) is 0 Å². The summed E-state index contributed by atoms with van der Waals surface area (Å²) in [5, 5.41) is 3.66. The summed E-state index contributed by atoms with van der Waals surface area (Å²) in [5.41, 5.74) is 0.712. The molecular weight excluding hydrogens is 251 g/mol. The van der Waals surface area contributed by atoms with Crippen molar-refractivity contribution < 1.29 is 4.39 Å². The molecule has 1 N–H and O–H groups in total. The van der Waals surface area contributed by atoms with Gasteiger partial charge >= 0.3 is 0 Å². The molecular formula is C17H27FN2. The minimum Gasteiger partial charge on any atom is -0.372 e. The molecule has 1 saturated carbocycles. The minimum atomic E-state index is -0.123. The largest absolute Gasteiger partial charge is 0.372 e. The second-order valence-corrected chi connectivity index (χ2v) is 5.91. The van der Waals surface area contributed by atoms with E-state index < -0.39 is 0 Å². The number of nitrogens with zero attached hydrogens (tertiary/aromatic N) is 1. The summed E-state index contributed by atoms with van der Waals surface area (Å²) in [6.45, 7) is 4.25. The van der Waals surface area contributed by atoms with Crippen molar-refractivity contribution in [2.75, 3.05) is 25.0 Å². The van der Waals surface area contributed by atoms with E-state index in [4.69, 9.17) is 0 Å². The lowest BCUT2D eigenvalue weighted by Crippen LogP contribution is -2.34. The fourth-order valence-corrected chi connectivity index (χ4v) is 3.22. The van der Waals surface area contributed by atoms with Gasteiger partial charge in [-0.05, 0) is 50.3 Å². The molecule has 0 aromatic heterocycles. The Bertz CT molecular complexity index is 408. The van der Waals surface area contributed by atoms with Crippen molar-refractivity contribution in [1.29, 1.82) is 0 Å². The van der Waals surface area contributed by atoms with Crippen LogP contribution in [0.25, 0.3) is 0 Å². The Morgan fingerprint density at radius 3 is 2.85 bits per heavy atom. The van der Waals surface area contributed by atoms with Crippen LogP contribution < -0.4 is 10.2 Å². The molecule has 0 radical (unpaired) electrons. The molecule has 2 nitrogen and oxygen atoms in total. The fourth-order valence-electron chi connectivity index (χ4n) is 3.22. The third-order valence-electron chi connectivity index (χ3n) is 4.41. The van der Waals surface area contributed by atoms with Gasteiger partial charge in [-0.25, -0.2) is 4.39 Å². The van der Waals surface area contributed by atoms with Crippen molar-refractivity contribution in [3.05, 3.63) is 30.1 Å². The normalized spacial score (nSPS) is 22.1. The monoisotopic (exact) mass is 278 g/mol. The first-order valence-electron chi connectivity index (χ1n) is 7.91. The van der Waals surface area contributed by atoms with E-state index in [2.05, 4.69) is 12.2 Å². The lowest BCUT2D eigenvalue weighted by Gasteiger charge is -2.25. The van der Waals surface area contributed by atoms with Gasteiger partial charge in [-0.1, -0.05) is 25.5 Å². The summed E-state index contributed by atoms with van der Waals surface area (Å²) in [5.74, 6) is 0.623. The van der Waals surface area contributed by atoms with E-state index in [0.717, 1.165) is 25.4 Å². The molecule has 0 saturated heterocycles. The predicted octanol–water partition coefficient (Wildman–Crippen LogP) is 3.82. The Labute approximate surface area is 122 Å². The zero-order chi connectivity index (χ0) is 14.4. The van der Waals surface area contributed by atoms with E-state index in [9.17, 15) is 4.39 Å². The van der Waals surface area contributed by atoms with Crippen LogP contribution in [0.2, 0.25) is 0 Å². The highest BCUT2D eigenvalue weighted by Gasteiger charge is 2.26. The van der Waals surface area contributed by atoms with E-state index in [-0.39, 0.29) is 5.82 Å². The highest BCUT2D eigenvalue weighted by molar-refractivity contribution is 5.46. The molecule has 3 heteroatoms. The third kappa shape index (κ3) is 3.95. The SMILES string of the molecule is CCCNC1CCCC1CCN(C)c1ccccc1F. The standard InChI is InChI=1S/C17H27FN2/c1-3-12-19-16-9-6-7-14(16)11-13-20(2)17-10-5-4-8-15(17)18/h4-5,8,10,14,16,19H,3,6-7,9,11-13H2,1-2H3. The number of nitrogens with one attached hydrogen (secondary N) is 1. The average molecular weight is 278 g/mol. The Morgan fingerprint density at radius 2 is 2.10 bits per heavy atom. The number of anilines is 1. The van der Waals surface area contributed by atoms with Gasteiger partial charge in [-0.3, -0.25) is 0 Å². The number of rotatable bonds is 7. The molecule has 0 aliphatic heterocycles. The Hall–Kier alpha value is -1.09. The zero-order valence-corrected chi connectivity index (χ0v) is 12.7. The smallest absolute Gasteiger partial charge is 0.146 e. The highest BCUT2D eigenvalue weighted by Crippen LogP contribution is 2.29. The number of halogens is 1. The average Bonchev–Trinajstić information content (AvgIpc) is 2.90. The summed E-state index contributed by atoms with van der Waals surface area (Å²) in [7, 11) is 1.99. The van der Waals surface area contributed by atoms with Gasteiger partial charge < -0.3 is 10.2 Å². The molecule has 2 unspecified atom stereocenters. The Morgan fingerprint density at radius 1 is 1.30 bits per heavy atom. The van der Waals surface area contributed by atoms with Gasteiger partial charge in [0.2, 0.25) is 0 Å². The first kappa shape index (κ1) is 15.3. The van der Waals surface area contributed by atoms with Crippen molar-refractivity contribution in [1.82, 2.24) is 5.32 Å². The van der Waals surface area contributed by atoms with E-state index in [1.165, 1.54) is 31.7 Å². The molecule has 20 heavy (non-hydrogen) atoms. The van der Waals surface area contributed by atoms with Crippen LogP contribution in [0.15, 0.2) is 24.3 Å². The van der Waals surface area contributed by atoms with Crippen LogP contribution in [0.1, 0.15) is 39.0 Å². The molecule has 1 aliphatic carbocycles. The van der Waals surface area contributed by atoms with Crippen LogP contribution in [-0.2, 0) is 0 Å². The molecule has 1 fully saturated rings. The van der Waals surface area contributed by atoms with Crippen LogP contribution in [0, 0.1) is 11.7 Å². The van der Waals surface area contributed by atoms with Crippen LogP contribution in [0.4, 0.5) is 10.1 Å². The summed E-state index contributed by atoms with van der Waals surface area (Å²) in [6.07, 6.45) is 6.28. The lowest BCUT2D eigenvalue weighted by atomic mass is 9.99. The van der Waals surface area contributed by atoms with Crippen molar-refractivity contribution in [3.8, 4) is 0 Å². The topological polar surface area (TPSA) is 15.3 Å². The van der Waals surface area contributed by atoms with E-state index in [1.54, 1.807) is 6.07 Å². The molecule has 2 rings (SSSR count). The maximum atomic E-state index is 13.7. The summed E-state index contributed by atoms with van der Waals surface area (Å²) >= 11 is 0. The van der Waals surface area contributed by atoms with Gasteiger partial charge in [0.15, 0.2) is 0 Å². The Balaban J connectivity index is 1.83. The molecule has 0 spiro atoms. The molecule has 1 aliphatic rings. The van der Waals surface area contributed by atoms with Crippen molar-refractivity contribution in [3.63, 3.8) is 0 Å². The number of benzene rings is 1. The van der Waals surface area contributed by atoms with Crippen molar-refractivity contribution in [2.45, 2.75) is 45.1 Å². The Kier molecular flexibility index (Phi) is 5.84. The van der Waals surface area contributed by atoms with Gasteiger partial charge in [-0.15, -0.1) is 0 Å². The summed E-state index contributed by atoms with van der Waals surface area (Å²) in [6, 6.07) is 7.71. The van der Waals surface area contributed by atoms with E-state index >= 15 is 0 Å². The van der Waals surface area contributed by atoms with Crippen molar-refractivity contribution >= 4 is 5.69 Å². The first-order valence-corrected chi connectivity index (χ1v) is 7.91. The summed E-state index contributed by atoms with van der Waals surface area (Å²) < 4.78 is 13.7. The molecule has 1 aromatic carbocycles. The van der Waals surface area contributed by atoms with E-state index in [0.29, 0.717) is 11.7 Å². The number of hydrogen-bond donors (Lipinski definition) is 1. The van der Waals surface area contributed by atoms with Crippen LogP contribution in [0.5, 0.6) is 0 Å². The zero-order valence-electron chi connectivity index (χ0n) is 12.7. The molecule has 112 valence electrons. The molecule has 0 heterocycles. The molecule has 2 atom stereocenters. The highest BCUT2D eigenvalue weighted by atomic mass is 19.1. The fraction of sp³-hybridized carbons (Fsp3) is 0.647. The van der Waals surface area contributed by atoms with Gasteiger partial charge in [-0.2, -0.15) is 0 Å². The van der Waals surface area contributed by atoms with Gasteiger partial charge in [0.25, 0.3) is 0 Å². The quantitative estimate of drug-likeness (QED) is 0.815. The third-order valence-corrected chi connectivity index (χ3v) is 4.41. The minimum absolute atomic E-state index is 0.123. The number of para-hydroxylation sites is 1. The molecule has 0 bridgehead atoms. The summed E-state index contributed by atoms with van der Waals surface area (Å²) in [4.78, 5) is 2.05. The first-order chi connectivity index (χ1) is 9.72. The van der Waals surface area contributed by atoms with E-state index in [1.807, 2.05) is 24.1 Å². The molecule has 0 amide bonds. The maximum Gasteiger partial charge on any atom is 0.146 e. The van der Waals surface area contributed by atoms with Crippen LogP contribution in [-0.4, -0.2) is 26.2 Å². The predicted molar refractivity (Wildman–Crippen MR) is 83.7 cm³/mol.